The summed E-state index contributed by atoms with van der Waals surface area (Å²) in [5, 5.41) is 4.61. The summed E-state index contributed by atoms with van der Waals surface area (Å²) in [6, 6.07) is 0.922. The first-order chi connectivity index (χ1) is 7.65. The fraction of sp³-hybridized carbons (Fsp3) is 0.909. The molecule has 0 spiro atoms. The summed E-state index contributed by atoms with van der Waals surface area (Å²) < 4.78 is 11.2. The second-order valence-electron chi connectivity index (χ2n) is 4.73. The summed E-state index contributed by atoms with van der Waals surface area (Å²) in [7, 11) is -0.567. The zero-order valence-corrected chi connectivity index (χ0v) is 11.6. The van der Waals surface area contributed by atoms with Crippen LogP contribution >= 0.6 is 11.8 Å². The van der Waals surface area contributed by atoms with Crippen LogP contribution in [0.15, 0.2) is 4.99 Å². The van der Waals surface area contributed by atoms with Gasteiger partial charge in [-0.05, 0) is 25.7 Å². The Morgan fingerprint density at radius 3 is 2.69 bits per heavy atom. The van der Waals surface area contributed by atoms with Gasteiger partial charge in [0.2, 0.25) is 0 Å². The van der Waals surface area contributed by atoms with E-state index in [9.17, 15) is 4.21 Å². The molecule has 2 atom stereocenters. The van der Waals surface area contributed by atoms with Gasteiger partial charge in [0.1, 0.15) is 0 Å². The Morgan fingerprint density at radius 1 is 1.38 bits per heavy atom. The number of nitrogens with one attached hydrogen (secondary N) is 1. The van der Waals surface area contributed by atoms with Crippen molar-refractivity contribution in [2.45, 2.75) is 38.8 Å². The van der Waals surface area contributed by atoms with Crippen molar-refractivity contribution in [3.8, 4) is 0 Å². The molecule has 0 aromatic heterocycles. The zero-order valence-electron chi connectivity index (χ0n) is 9.94. The van der Waals surface area contributed by atoms with E-state index < -0.39 is 10.8 Å². The van der Waals surface area contributed by atoms with Crippen LogP contribution in [0, 0.1) is 5.92 Å². The number of rotatable bonds is 1. The standard InChI is InChI=1S/C11H20N2OS2/c1-8-7-15-11(12-9(8)2)13-10-3-5-16(14)6-4-10/h8-10H,3-7H2,1-2H3,(H,12,13). The Kier molecular flexibility index (Phi) is 4.30. The molecular weight excluding hydrogens is 240 g/mol. The Bertz CT molecular complexity index is 296. The summed E-state index contributed by atoms with van der Waals surface area (Å²) in [5.41, 5.74) is 0. The quantitative estimate of drug-likeness (QED) is 0.779. The minimum atomic E-state index is -0.567. The highest BCUT2D eigenvalue weighted by Gasteiger charge is 2.23. The summed E-state index contributed by atoms with van der Waals surface area (Å²) >= 11 is 1.83. The second kappa shape index (κ2) is 5.54. The Morgan fingerprint density at radius 2 is 2.06 bits per heavy atom. The average Bonchev–Trinajstić information content (AvgIpc) is 2.27. The predicted octanol–water partition coefficient (Wildman–Crippen LogP) is 1.61. The van der Waals surface area contributed by atoms with Crippen molar-refractivity contribution in [2.75, 3.05) is 17.3 Å². The van der Waals surface area contributed by atoms with E-state index in [1.54, 1.807) is 0 Å². The van der Waals surface area contributed by atoms with E-state index in [1.807, 2.05) is 11.8 Å². The Balaban J connectivity index is 1.85. The van der Waals surface area contributed by atoms with Gasteiger partial charge >= 0.3 is 0 Å². The van der Waals surface area contributed by atoms with Gasteiger partial charge < -0.3 is 5.32 Å². The fourth-order valence-electron chi connectivity index (χ4n) is 1.89. The number of nitrogens with zero attached hydrogens (tertiary/aromatic N) is 1. The molecule has 1 fully saturated rings. The van der Waals surface area contributed by atoms with Crippen LogP contribution in [-0.2, 0) is 10.8 Å². The van der Waals surface area contributed by atoms with Crippen LogP contribution in [0.25, 0.3) is 0 Å². The number of amidine groups is 1. The van der Waals surface area contributed by atoms with E-state index in [0.29, 0.717) is 18.0 Å². The highest BCUT2D eigenvalue weighted by Crippen LogP contribution is 2.22. The van der Waals surface area contributed by atoms with Crippen LogP contribution < -0.4 is 5.32 Å². The van der Waals surface area contributed by atoms with Crippen LogP contribution in [0.5, 0.6) is 0 Å². The minimum Gasteiger partial charge on any atom is -0.362 e. The minimum absolute atomic E-state index is 0.432. The largest absolute Gasteiger partial charge is 0.362 e. The summed E-state index contributed by atoms with van der Waals surface area (Å²) in [5.74, 6) is 3.53. The third kappa shape index (κ3) is 3.23. The molecule has 3 nitrogen and oxygen atoms in total. The molecular formula is C11H20N2OS2. The number of hydrogen-bond donors (Lipinski definition) is 1. The number of thioether (sulfide) groups is 1. The first-order valence-electron chi connectivity index (χ1n) is 5.97. The van der Waals surface area contributed by atoms with Crippen molar-refractivity contribution in [1.82, 2.24) is 5.32 Å². The van der Waals surface area contributed by atoms with Crippen LogP contribution in [-0.4, -0.2) is 38.7 Å². The molecule has 92 valence electrons. The first-order valence-corrected chi connectivity index (χ1v) is 8.44. The molecule has 0 aromatic rings. The van der Waals surface area contributed by atoms with Gasteiger partial charge in [-0.1, -0.05) is 18.7 Å². The SMILES string of the molecule is CC1CSC(NC2CCS(=O)CC2)=NC1C. The lowest BCUT2D eigenvalue weighted by atomic mass is 10.1. The van der Waals surface area contributed by atoms with Gasteiger partial charge in [0.25, 0.3) is 0 Å². The molecule has 0 bridgehead atoms. The van der Waals surface area contributed by atoms with Gasteiger partial charge in [0, 0.05) is 34.1 Å². The summed E-state index contributed by atoms with van der Waals surface area (Å²) in [6.45, 7) is 4.43. The van der Waals surface area contributed by atoms with Gasteiger partial charge in [-0.3, -0.25) is 9.20 Å². The third-order valence-corrected chi connectivity index (χ3v) is 5.91. The highest BCUT2D eigenvalue weighted by atomic mass is 32.2. The molecule has 16 heavy (non-hydrogen) atoms. The lowest BCUT2D eigenvalue weighted by Gasteiger charge is -2.28. The van der Waals surface area contributed by atoms with E-state index in [2.05, 4.69) is 24.2 Å². The van der Waals surface area contributed by atoms with Crippen LogP contribution in [0.2, 0.25) is 0 Å². The number of hydrogen-bond acceptors (Lipinski definition) is 4. The Labute approximate surface area is 104 Å². The van der Waals surface area contributed by atoms with Gasteiger partial charge in [-0.2, -0.15) is 0 Å². The lowest BCUT2D eigenvalue weighted by molar-refractivity contribution is 0.520. The van der Waals surface area contributed by atoms with Crippen molar-refractivity contribution in [3.63, 3.8) is 0 Å². The van der Waals surface area contributed by atoms with Crippen molar-refractivity contribution in [1.29, 1.82) is 0 Å². The van der Waals surface area contributed by atoms with Gasteiger partial charge in [-0.15, -0.1) is 0 Å². The molecule has 1 saturated heterocycles. The monoisotopic (exact) mass is 260 g/mol. The van der Waals surface area contributed by atoms with Crippen LogP contribution in [0.3, 0.4) is 0 Å². The topological polar surface area (TPSA) is 41.5 Å². The molecule has 2 unspecified atom stereocenters. The van der Waals surface area contributed by atoms with Crippen molar-refractivity contribution >= 4 is 27.7 Å². The van der Waals surface area contributed by atoms with E-state index in [0.717, 1.165) is 35.3 Å². The van der Waals surface area contributed by atoms with Gasteiger partial charge in [0.05, 0.1) is 6.04 Å². The maximum atomic E-state index is 11.2. The highest BCUT2D eigenvalue weighted by molar-refractivity contribution is 8.13. The van der Waals surface area contributed by atoms with E-state index in [4.69, 9.17) is 0 Å². The van der Waals surface area contributed by atoms with Gasteiger partial charge in [0.15, 0.2) is 5.17 Å². The second-order valence-corrected chi connectivity index (χ2v) is 7.43. The lowest BCUT2D eigenvalue weighted by Crippen LogP contribution is -2.40. The maximum Gasteiger partial charge on any atom is 0.157 e. The molecule has 0 aliphatic carbocycles. The normalized spacial score (nSPS) is 40.2. The molecule has 2 rings (SSSR count). The van der Waals surface area contributed by atoms with Crippen molar-refractivity contribution in [3.05, 3.63) is 0 Å². The van der Waals surface area contributed by atoms with Crippen LogP contribution in [0.1, 0.15) is 26.7 Å². The fourth-order valence-corrected chi connectivity index (χ4v) is 4.38. The summed E-state index contributed by atoms with van der Waals surface area (Å²) in [6.07, 6.45) is 2.05. The Hall–Kier alpha value is -0.0300. The molecule has 2 heterocycles. The van der Waals surface area contributed by atoms with E-state index >= 15 is 0 Å². The van der Waals surface area contributed by atoms with E-state index in [-0.39, 0.29) is 0 Å². The molecule has 5 heteroatoms. The molecule has 0 amide bonds. The van der Waals surface area contributed by atoms with Gasteiger partial charge in [-0.25, -0.2) is 0 Å². The predicted molar refractivity (Wildman–Crippen MR) is 72.6 cm³/mol. The molecule has 0 saturated carbocycles. The van der Waals surface area contributed by atoms with Crippen LogP contribution in [0.4, 0.5) is 0 Å². The molecule has 2 aliphatic rings. The summed E-state index contributed by atoms with van der Waals surface area (Å²) in [4.78, 5) is 4.67. The molecule has 0 aromatic carbocycles. The number of aliphatic imine (C=N–C) groups is 1. The average molecular weight is 260 g/mol. The smallest absolute Gasteiger partial charge is 0.157 e. The zero-order chi connectivity index (χ0) is 11.5. The molecule has 2 aliphatic heterocycles. The van der Waals surface area contributed by atoms with Crippen molar-refractivity contribution < 1.29 is 4.21 Å². The first kappa shape index (κ1) is 12.4. The molecule has 1 N–H and O–H groups in total. The third-order valence-electron chi connectivity index (χ3n) is 3.34. The van der Waals surface area contributed by atoms with Crippen molar-refractivity contribution in [2.24, 2.45) is 10.9 Å². The maximum absolute atomic E-state index is 11.2. The van der Waals surface area contributed by atoms with E-state index in [1.165, 1.54) is 0 Å². The molecule has 0 radical (unpaired) electrons.